The minimum Gasteiger partial charge on any atom is -0.341 e. The lowest BCUT2D eigenvalue weighted by molar-refractivity contribution is 0.0988. The standard InChI is InChI=1S/C21H26Cl2N5O/c1-5-9-13-24-19-17(14-25-21(26-19)27(6-2)7-3)28(8-4)20(29)18-15(22)11-10-12-16(18)23/h10-14H,1,5-9H2,2-4H3. The number of aromatic nitrogens is 2. The third-order valence-electron chi connectivity index (χ3n) is 4.36. The molecule has 0 aliphatic heterocycles. The molecule has 2 rings (SSSR count). The van der Waals surface area contributed by atoms with Crippen LogP contribution in [-0.2, 0) is 0 Å². The number of hydrogen-bond acceptors (Lipinski definition) is 5. The van der Waals surface area contributed by atoms with Crippen molar-refractivity contribution >= 4 is 52.8 Å². The van der Waals surface area contributed by atoms with Gasteiger partial charge >= 0.3 is 0 Å². The minimum absolute atomic E-state index is 0.248. The van der Waals surface area contributed by atoms with Crippen molar-refractivity contribution in [3.63, 3.8) is 0 Å². The summed E-state index contributed by atoms with van der Waals surface area (Å²) in [5, 5.41) is 0.590. The van der Waals surface area contributed by atoms with Crippen LogP contribution in [-0.4, -0.2) is 41.7 Å². The van der Waals surface area contributed by atoms with Crippen LogP contribution in [0.4, 0.5) is 17.5 Å². The number of carbonyl (C=O) groups is 1. The van der Waals surface area contributed by atoms with Crippen LogP contribution >= 0.6 is 23.2 Å². The summed E-state index contributed by atoms with van der Waals surface area (Å²) >= 11 is 12.5. The number of nitrogens with zero attached hydrogens (tertiary/aromatic N) is 5. The highest BCUT2D eigenvalue weighted by Crippen LogP contribution is 2.32. The van der Waals surface area contributed by atoms with Gasteiger partial charge in [0.05, 0.1) is 21.8 Å². The Morgan fingerprint density at radius 3 is 2.38 bits per heavy atom. The topological polar surface area (TPSA) is 61.7 Å². The molecule has 0 saturated carbocycles. The van der Waals surface area contributed by atoms with Gasteiger partial charge in [0.1, 0.15) is 5.69 Å². The molecule has 155 valence electrons. The fraction of sp³-hybridized carbons (Fsp3) is 0.381. The smallest absolute Gasteiger partial charge is 0.261 e. The molecule has 1 aromatic carbocycles. The molecule has 0 bridgehead atoms. The highest BCUT2D eigenvalue weighted by atomic mass is 35.5. The van der Waals surface area contributed by atoms with Gasteiger partial charge in [-0.25, -0.2) is 9.98 Å². The summed E-state index contributed by atoms with van der Waals surface area (Å²) in [6.07, 6.45) is 4.81. The molecule has 0 aliphatic rings. The van der Waals surface area contributed by atoms with E-state index in [0.717, 1.165) is 19.5 Å². The Hall–Kier alpha value is -2.18. The molecule has 0 spiro atoms. The Labute approximate surface area is 182 Å². The maximum atomic E-state index is 13.3. The monoisotopic (exact) mass is 434 g/mol. The van der Waals surface area contributed by atoms with Gasteiger partial charge in [0.25, 0.3) is 5.91 Å². The fourth-order valence-corrected chi connectivity index (χ4v) is 3.36. The number of rotatable bonds is 9. The quantitative estimate of drug-likeness (QED) is 0.480. The van der Waals surface area contributed by atoms with E-state index in [-0.39, 0.29) is 11.5 Å². The van der Waals surface area contributed by atoms with Crippen LogP contribution in [0.1, 0.15) is 44.0 Å². The molecule has 8 heteroatoms. The van der Waals surface area contributed by atoms with Crippen molar-refractivity contribution in [2.75, 3.05) is 29.4 Å². The second-order valence-electron chi connectivity index (χ2n) is 6.15. The predicted octanol–water partition coefficient (Wildman–Crippen LogP) is 5.61. The number of benzene rings is 1. The van der Waals surface area contributed by atoms with Gasteiger partial charge in [-0.1, -0.05) is 36.2 Å². The van der Waals surface area contributed by atoms with E-state index in [0.29, 0.717) is 40.5 Å². The van der Waals surface area contributed by atoms with Crippen LogP contribution in [0.2, 0.25) is 10.0 Å². The number of anilines is 2. The van der Waals surface area contributed by atoms with Crippen molar-refractivity contribution in [3.05, 3.63) is 46.9 Å². The maximum Gasteiger partial charge on any atom is 0.261 e. The summed E-state index contributed by atoms with van der Waals surface area (Å²) in [4.78, 5) is 30.4. The third-order valence-corrected chi connectivity index (χ3v) is 4.99. The molecule has 1 heterocycles. The molecule has 0 atom stereocenters. The summed E-state index contributed by atoms with van der Waals surface area (Å²) in [6.45, 7) is 11.7. The number of aliphatic imine (C=N–C) groups is 1. The molecule has 0 saturated heterocycles. The van der Waals surface area contributed by atoms with E-state index >= 15 is 0 Å². The van der Waals surface area contributed by atoms with Crippen LogP contribution in [0.15, 0.2) is 29.4 Å². The zero-order valence-electron chi connectivity index (χ0n) is 17.0. The van der Waals surface area contributed by atoms with Crippen molar-refractivity contribution in [3.8, 4) is 0 Å². The van der Waals surface area contributed by atoms with Crippen LogP contribution in [0.25, 0.3) is 0 Å². The highest BCUT2D eigenvalue weighted by molar-refractivity contribution is 6.40. The minimum atomic E-state index is -0.323. The summed E-state index contributed by atoms with van der Waals surface area (Å²) in [5.74, 6) is 0.671. The Morgan fingerprint density at radius 2 is 1.83 bits per heavy atom. The summed E-state index contributed by atoms with van der Waals surface area (Å²) in [6, 6.07) is 4.98. The summed E-state index contributed by atoms with van der Waals surface area (Å²) < 4.78 is 0. The van der Waals surface area contributed by atoms with Gasteiger partial charge in [0, 0.05) is 25.8 Å². The van der Waals surface area contributed by atoms with Crippen LogP contribution in [0.3, 0.4) is 0 Å². The molecular weight excluding hydrogens is 409 g/mol. The number of halogens is 2. The van der Waals surface area contributed by atoms with Gasteiger partial charge in [0.15, 0.2) is 5.82 Å². The first-order valence-corrected chi connectivity index (χ1v) is 10.4. The van der Waals surface area contributed by atoms with Gasteiger partial charge in [0.2, 0.25) is 5.95 Å². The van der Waals surface area contributed by atoms with Gasteiger partial charge in [-0.3, -0.25) is 4.79 Å². The first-order valence-electron chi connectivity index (χ1n) is 9.67. The lowest BCUT2D eigenvalue weighted by Gasteiger charge is -2.24. The highest BCUT2D eigenvalue weighted by Gasteiger charge is 2.25. The molecule has 6 nitrogen and oxygen atoms in total. The zero-order chi connectivity index (χ0) is 21.4. The van der Waals surface area contributed by atoms with Gasteiger partial charge < -0.3 is 9.80 Å². The number of unbranched alkanes of at least 4 members (excludes halogenated alkanes) is 1. The average Bonchev–Trinajstić information content (AvgIpc) is 2.71. The molecule has 29 heavy (non-hydrogen) atoms. The van der Waals surface area contributed by atoms with E-state index < -0.39 is 0 Å². The summed E-state index contributed by atoms with van der Waals surface area (Å²) in [7, 11) is 0. The van der Waals surface area contributed by atoms with Crippen molar-refractivity contribution in [2.24, 2.45) is 4.99 Å². The number of hydrogen-bond donors (Lipinski definition) is 0. The molecule has 0 fully saturated rings. The largest absolute Gasteiger partial charge is 0.341 e. The predicted molar refractivity (Wildman–Crippen MR) is 122 cm³/mol. The number of carbonyl (C=O) groups excluding carboxylic acids is 1. The van der Waals surface area contributed by atoms with Crippen LogP contribution in [0.5, 0.6) is 0 Å². The number of amides is 1. The second-order valence-corrected chi connectivity index (χ2v) is 6.97. The summed E-state index contributed by atoms with van der Waals surface area (Å²) in [5.41, 5.74) is 0.753. The second kappa shape index (κ2) is 11.1. The Bertz CT molecular complexity index is 848. The first-order chi connectivity index (χ1) is 14.0. The normalized spacial score (nSPS) is 11.1. The van der Waals surface area contributed by atoms with E-state index in [4.69, 9.17) is 23.2 Å². The van der Waals surface area contributed by atoms with Crippen molar-refractivity contribution in [1.29, 1.82) is 0 Å². The molecule has 0 N–H and O–H groups in total. The first kappa shape index (κ1) is 23.1. The Balaban J connectivity index is 2.55. The molecule has 2 aromatic rings. The zero-order valence-corrected chi connectivity index (χ0v) is 18.5. The van der Waals surface area contributed by atoms with E-state index in [2.05, 4.69) is 21.9 Å². The Kier molecular flexibility index (Phi) is 8.86. The third kappa shape index (κ3) is 5.46. The van der Waals surface area contributed by atoms with E-state index in [1.54, 1.807) is 30.6 Å². The van der Waals surface area contributed by atoms with Crippen molar-refractivity contribution in [1.82, 2.24) is 9.97 Å². The molecule has 0 aliphatic carbocycles. The lowest BCUT2D eigenvalue weighted by atomic mass is 10.2. The maximum absolute atomic E-state index is 13.3. The van der Waals surface area contributed by atoms with Crippen LogP contribution in [0, 0.1) is 6.92 Å². The molecule has 0 unspecified atom stereocenters. The molecule has 1 radical (unpaired) electrons. The van der Waals surface area contributed by atoms with Crippen molar-refractivity contribution < 1.29 is 4.79 Å². The molecular formula is C21H26Cl2N5O. The van der Waals surface area contributed by atoms with Gasteiger partial charge in [-0.15, -0.1) is 0 Å². The fourth-order valence-electron chi connectivity index (χ4n) is 2.80. The molecule has 1 amide bonds. The molecule has 1 aromatic heterocycles. The lowest BCUT2D eigenvalue weighted by Crippen LogP contribution is -2.32. The van der Waals surface area contributed by atoms with E-state index in [1.807, 2.05) is 25.7 Å². The van der Waals surface area contributed by atoms with Gasteiger partial charge in [-0.05, 0) is 45.7 Å². The SMILES string of the molecule is [CH2]CCC=Nc1nc(N(CC)CC)ncc1N(CC)C(=O)c1c(Cl)cccc1Cl. The van der Waals surface area contributed by atoms with Crippen molar-refractivity contribution in [2.45, 2.75) is 33.6 Å². The van der Waals surface area contributed by atoms with Gasteiger partial charge in [-0.2, -0.15) is 4.98 Å². The average molecular weight is 435 g/mol. The van der Waals surface area contributed by atoms with E-state index in [1.165, 1.54) is 4.90 Å². The van der Waals surface area contributed by atoms with Crippen LogP contribution < -0.4 is 9.80 Å². The van der Waals surface area contributed by atoms with E-state index in [9.17, 15) is 4.79 Å². The Morgan fingerprint density at radius 1 is 1.17 bits per heavy atom.